The molecule has 6 aliphatic rings. The minimum Gasteiger partial charge on any atom is -0.393 e. The van der Waals surface area contributed by atoms with Crippen LogP contribution < -0.4 is 5.73 Å². The fourth-order valence-corrected chi connectivity index (χ4v) is 59.3. The van der Waals surface area contributed by atoms with Crippen molar-refractivity contribution >= 4 is 70.2 Å². The SMILES string of the molecule is CC(C)C[Si]12CO[Si]3(CC(C)C)O[Si]4(CCCN)O[Si](CC(C)C)(O1)O[Si]1(CC(C)C)O[Si](CC(C)C)(O2)O[Si](CC(C)C)(O3)O[Si](CC(C)C)(O4)O1. The molecule has 0 aromatic carbocycles. The maximum absolute atomic E-state index is 7.83. The van der Waals surface area contributed by atoms with Crippen molar-refractivity contribution in [3.05, 3.63) is 0 Å². The lowest BCUT2D eigenvalue weighted by Crippen LogP contribution is -2.84. The van der Waals surface area contributed by atoms with Crippen molar-refractivity contribution in [2.45, 2.75) is 152 Å². The Morgan fingerprint density at radius 2 is 0.623 bits per heavy atom. The summed E-state index contributed by atoms with van der Waals surface area (Å²) in [6.45, 7) is 30.9. The lowest BCUT2D eigenvalue weighted by atomic mass is 10.3. The predicted molar refractivity (Wildman–Crippen MR) is 220 cm³/mol. The zero-order valence-electron chi connectivity index (χ0n) is 35.3. The van der Waals surface area contributed by atoms with Gasteiger partial charge in [0.25, 0.3) is 0 Å². The van der Waals surface area contributed by atoms with Crippen LogP contribution in [0.2, 0.25) is 48.4 Å². The summed E-state index contributed by atoms with van der Waals surface area (Å²) in [5, 5.41) is 0. The van der Waals surface area contributed by atoms with Gasteiger partial charge in [0.15, 0.2) is 0 Å². The van der Waals surface area contributed by atoms with Gasteiger partial charge < -0.3 is 55.4 Å². The van der Waals surface area contributed by atoms with Crippen molar-refractivity contribution in [2.75, 3.05) is 12.8 Å². The molecule has 8 bridgehead atoms. The zero-order valence-corrected chi connectivity index (χ0v) is 43.3. The molecule has 0 radical (unpaired) electrons. The molecule has 0 amide bonds. The zero-order chi connectivity index (χ0) is 39.3. The fraction of sp³-hybridized carbons (Fsp3) is 1.00. The molecular weight excluding hydrogens is 815 g/mol. The van der Waals surface area contributed by atoms with Crippen LogP contribution in [0.3, 0.4) is 0 Å². The van der Waals surface area contributed by atoms with Gasteiger partial charge in [0, 0.05) is 42.3 Å². The van der Waals surface area contributed by atoms with Gasteiger partial charge in [-0.05, 0) is 60.4 Å². The van der Waals surface area contributed by atoms with E-state index in [1.165, 1.54) is 0 Å². The number of nitrogens with two attached hydrogens (primary N) is 1. The van der Waals surface area contributed by atoms with Gasteiger partial charge >= 0.3 is 70.2 Å². The molecule has 8 atom stereocenters. The smallest absolute Gasteiger partial charge is 0.393 e. The minimum atomic E-state index is -3.92. The van der Waals surface area contributed by atoms with Crippen LogP contribution in [0.15, 0.2) is 0 Å². The second-order valence-electron chi connectivity index (χ2n) is 19.2. The van der Waals surface area contributed by atoms with E-state index >= 15 is 0 Å². The van der Waals surface area contributed by atoms with Gasteiger partial charge in [0.2, 0.25) is 0 Å². The normalized spacial score (nSPS) is 41.5. The summed E-state index contributed by atoms with van der Waals surface area (Å²) >= 11 is 0. The average Bonchev–Trinajstić information content (AvgIpc) is 2.95. The molecule has 0 aromatic rings. The van der Waals surface area contributed by atoms with E-state index in [9.17, 15) is 0 Å². The Balaban J connectivity index is 1.98. The summed E-state index contributed by atoms with van der Waals surface area (Å²) in [6.07, 6.45) is 0.785. The molecule has 21 heteroatoms. The van der Waals surface area contributed by atoms with Crippen molar-refractivity contribution in [1.82, 2.24) is 0 Å². The highest BCUT2D eigenvalue weighted by atomic mass is 28.6. The minimum absolute atomic E-state index is 0.129. The highest BCUT2D eigenvalue weighted by molar-refractivity contribution is 7.02. The highest BCUT2D eigenvalue weighted by Crippen LogP contribution is 2.54. The molecule has 6 heterocycles. The predicted octanol–water partition coefficient (Wildman–Crippen LogP) is 7.75. The Morgan fingerprint density at radius 1 is 0.358 bits per heavy atom. The van der Waals surface area contributed by atoms with Crippen molar-refractivity contribution < 1.29 is 49.7 Å². The number of rotatable bonds is 17. The third-order valence-electron chi connectivity index (χ3n) is 9.35. The van der Waals surface area contributed by atoms with Gasteiger partial charge in [-0.2, -0.15) is 0 Å². The summed E-state index contributed by atoms with van der Waals surface area (Å²) < 4.78 is 92.8. The molecule has 6 aliphatic heterocycles. The first-order chi connectivity index (χ1) is 24.5. The maximum Gasteiger partial charge on any atom is 0.486 e. The van der Waals surface area contributed by atoms with Crippen molar-refractivity contribution in [1.29, 1.82) is 0 Å². The Kier molecular flexibility index (Phi) is 14.3. The van der Waals surface area contributed by atoms with E-state index in [4.69, 9.17) is 55.4 Å². The highest BCUT2D eigenvalue weighted by Gasteiger charge is 2.81. The van der Waals surface area contributed by atoms with E-state index in [1.807, 2.05) is 0 Å². The van der Waals surface area contributed by atoms with Crippen LogP contribution in [0, 0.1) is 41.4 Å². The van der Waals surface area contributed by atoms with Crippen molar-refractivity contribution in [3.8, 4) is 0 Å². The molecule has 0 aliphatic carbocycles. The number of fused-ring (bicyclic) bond motifs is 1. The maximum atomic E-state index is 7.83. The molecule has 0 saturated carbocycles. The van der Waals surface area contributed by atoms with Gasteiger partial charge in [-0.3, -0.25) is 0 Å². The molecule has 310 valence electrons. The first-order valence-electron chi connectivity index (χ1n) is 20.5. The molecular formula is C32H73NO12Si8. The Labute approximate surface area is 330 Å². The molecule has 8 unspecified atom stereocenters. The van der Waals surface area contributed by atoms with E-state index in [0.717, 1.165) is 0 Å². The number of hydrogen-bond donors (Lipinski definition) is 1. The van der Waals surface area contributed by atoms with Crippen LogP contribution >= 0.6 is 0 Å². The van der Waals surface area contributed by atoms with Crippen LogP contribution in [0.1, 0.15) is 103 Å². The van der Waals surface area contributed by atoms with Crippen LogP contribution in [0.25, 0.3) is 0 Å². The summed E-state index contributed by atoms with van der Waals surface area (Å²) in [5.74, 6) is 1.05. The first-order valence-corrected chi connectivity index (χ1v) is 36.3. The molecule has 13 nitrogen and oxygen atoms in total. The second-order valence-corrected chi connectivity index (χ2v) is 43.5. The van der Waals surface area contributed by atoms with Crippen LogP contribution in [-0.4, -0.2) is 83.0 Å². The van der Waals surface area contributed by atoms with Gasteiger partial charge in [-0.25, -0.2) is 0 Å². The van der Waals surface area contributed by atoms with Gasteiger partial charge in [-0.15, -0.1) is 0 Å². The van der Waals surface area contributed by atoms with Crippen molar-refractivity contribution in [3.63, 3.8) is 0 Å². The number of hydrogen-bond acceptors (Lipinski definition) is 13. The summed E-state index contributed by atoms with van der Waals surface area (Å²) in [5.41, 5.74) is 6.29. The molecule has 53 heavy (non-hydrogen) atoms. The van der Waals surface area contributed by atoms with Crippen molar-refractivity contribution in [2.24, 2.45) is 47.2 Å². The average molecular weight is 889 g/mol. The second kappa shape index (κ2) is 16.7. The third-order valence-corrected chi connectivity index (χ3v) is 49.0. The quantitative estimate of drug-likeness (QED) is 0.143. The van der Waals surface area contributed by atoms with E-state index in [0.29, 0.717) is 61.3 Å². The topological polar surface area (TPSA) is 137 Å². The molecule has 6 saturated heterocycles. The van der Waals surface area contributed by atoms with E-state index in [2.05, 4.69) is 96.9 Å². The monoisotopic (exact) mass is 887 g/mol. The first kappa shape index (κ1) is 45.3. The Bertz CT molecular complexity index is 1260. The van der Waals surface area contributed by atoms with Crippen LogP contribution in [-0.2, 0) is 49.7 Å². The third kappa shape index (κ3) is 10.7. The lowest BCUT2D eigenvalue weighted by Gasteiger charge is -2.60. The Morgan fingerprint density at radius 3 is 0.943 bits per heavy atom. The lowest BCUT2D eigenvalue weighted by molar-refractivity contribution is -0.0000485. The Hall–Kier alpha value is 1.22. The summed E-state index contributed by atoms with van der Waals surface area (Å²) in [7, 11) is -30.6. The van der Waals surface area contributed by atoms with E-state index < -0.39 is 70.2 Å². The molecule has 2 N–H and O–H groups in total. The van der Waals surface area contributed by atoms with Gasteiger partial charge in [0.1, 0.15) is 0 Å². The van der Waals surface area contributed by atoms with E-state index in [1.54, 1.807) is 0 Å². The molecule has 0 spiro atoms. The van der Waals surface area contributed by atoms with Crippen LogP contribution in [0.4, 0.5) is 0 Å². The molecule has 6 rings (SSSR count). The van der Waals surface area contributed by atoms with Gasteiger partial charge in [-0.1, -0.05) is 96.9 Å². The standard InChI is InChI=1S/C32H73NO12Si8/c1-26(2)18-46-25-34-48(19-27(3)4)37-47(17-15-16-33)38-49(35-46,20-28(5)6)41-53(24-32(13)14)43-50(36-46,21-29(7)8)42-52(40-48,23-31(11)12)44-51(39-47,45-53)22-30(9)10/h26-32H,15-25,33H2,1-14H3. The van der Waals surface area contributed by atoms with Gasteiger partial charge in [0.05, 0.1) is 6.23 Å². The van der Waals surface area contributed by atoms with Crippen LogP contribution in [0.5, 0.6) is 0 Å². The summed E-state index contributed by atoms with van der Waals surface area (Å²) in [6, 6.07) is 4.09. The largest absolute Gasteiger partial charge is 0.486 e. The fourth-order valence-electron chi connectivity index (χ4n) is 8.46. The molecule has 6 fully saturated rings. The summed E-state index contributed by atoms with van der Waals surface area (Å²) in [4.78, 5) is 0. The van der Waals surface area contributed by atoms with E-state index in [-0.39, 0.29) is 47.7 Å². The molecule has 0 aromatic heterocycles.